The molecule has 1 aromatic rings. The molecule has 2 saturated heterocycles. The molecular weight excluding hydrogens is 364 g/mol. The summed E-state index contributed by atoms with van der Waals surface area (Å²) in [6.45, 7) is 2.88. The lowest BCUT2D eigenvalue weighted by molar-refractivity contribution is 0.211. The Bertz CT molecular complexity index is 866. The van der Waals surface area contributed by atoms with Crippen molar-refractivity contribution >= 4 is 21.9 Å². The van der Waals surface area contributed by atoms with Crippen LogP contribution in [0.15, 0.2) is 6.07 Å². The van der Waals surface area contributed by atoms with Gasteiger partial charge in [0.25, 0.3) is 0 Å². The summed E-state index contributed by atoms with van der Waals surface area (Å²) >= 11 is 0. The van der Waals surface area contributed by atoms with Crippen LogP contribution < -0.4 is 10.0 Å². The van der Waals surface area contributed by atoms with E-state index in [0.717, 1.165) is 70.3 Å². The maximum absolute atomic E-state index is 12.8. The molecule has 4 aliphatic rings. The van der Waals surface area contributed by atoms with Crippen molar-refractivity contribution in [3.05, 3.63) is 28.3 Å². The van der Waals surface area contributed by atoms with Gasteiger partial charge in [-0.2, -0.15) is 12.7 Å². The molecule has 2 N–H and O–H groups in total. The summed E-state index contributed by atoms with van der Waals surface area (Å²) in [4.78, 5) is 14.9. The second kappa shape index (κ2) is 6.46. The Morgan fingerprint density at radius 2 is 1.70 bits per heavy atom. The van der Waals surface area contributed by atoms with Gasteiger partial charge in [0, 0.05) is 31.4 Å². The fourth-order valence-electron chi connectivity index (χ4n) is 5.27. The molecule has 2 aliphatic carbocycles. The Labute approximate surface area is 160 Å². The first kappa shape index (κ1) is 17.5. The van der Waals surface area contributed by atoms with Crippen LogP contribution in [0.2, 0.25) is 0 Å². The molecule has 27 heavy (non-hydrogen) atoms. The second-order valence-electron chi connectivity index (χ2n) is 8.15. The minimum Gasteiger partial charge on any atom is -0.307 e. The first-order valence-corrected chi connectivity index (χ1v) is 11.4. The van der Waals surface area contributed by atoms with Gasteiger partial charge in [-0.3, -0.25) is 0 Å². The molecule has 0 aromatic heterocycles. The highest BCUT2D eigenvalue weighted by atomic mass is 32.2. The average Bonchev–Trinajstić information content (AvgIpc) is 3.34. The van der Waals surface area contributed by atoms with E-state index in [9.17, 15) is 13.2 Å². The predicted molar refractivity (Wildman–Crippen MR) is 103 cm³/mol. The summed E-state index contributed by atoms with van der Waals surface area (Å²) < 4.78 is 29.3. The van der Waals surface area contributed by atoms with E-state index in [-0.39, 0.29) is 6.04 Å². The van der Waals surface area contributed by atoms with Crippen LogP contribution in [-0.2, 0) is 35.9 Å². The van der Waals surface area contributed by atoms with E-state index < -0.39 is 16.2 Å². The topological polar surface area (TPSA) is 81.8 Å². The molecule has 2 bridgehead atoms. The van der Waals surface area contributed by atoms with Gasteiger partial charge in [0.2, 0.25) is 0 Å². The number of hydrogen-bond acceptors (Lipinski definition) is 4. The summed E-state index contributed by atoms with van der Waals surface area (Å²) in [5, 5.41) is 2.91. The molecule has 0 saturated carbocycles. The molecule has 2 aliphatic heterocycles. The van der Waals surface area contributed by atoms with E-state index in [0.29, 0.717) is 6.54 Å². The molecule has 5 rings (SSSR count). The number of anilines is 1. The van der Waals surface area contributed by atoms with Gasteiger partial charge in [-0.25, -0.2) is 9.52 Å². The molecule has 2 fully saturated rings. The number of rotatable bonds is 3. The minimum absolute atomic E-state index is 0.0192. The van der Waals surface area contributed by atoms with E-state index in [2.05, 4.69) is 21.0 Å². The van der Waals surface area contributed by atoms with Gasteiger partial charge in [0.15, 0.2) is 0 Å². The van der Waals surface area contributed by atoms with Crippen molar-refractivity contribution in [2.24, 2.45) is 0 Å². The van der Waals surface area contributed by atoms with Gasteiger partial charge in [-0.1, -0.05) is 6.07 Å². The predicted octanol–water partition coefficient (Wildman–Crippen LogP) is 1.42. The third kappa shape index (κ3) is 3.03. The fourth-order valence-corrected chi connectivity index (χ4v) is 6.56. The number of aryl methyl sites for hydroxylation is 2. The third-order valence-corrected chi connectivity index (χ3v) is 8.07. The lowest BCUT2D eigenvalue weighted by atomic mass is 9.99. The van der Waals surface area contributed by atoms with Crippen LogP contribution >= 0.6 is 0 Å². The Morgan fingerprint density at radius 3 is 2.41 bits per heavy atom. The third-order valence-electron chi connectivity index (χ3n) is 6.53. The molecule has 7 nitrogen and oxygen atoms in total. The van der Waals surface area contributed by atoms with Crippen LogP contribution in [0.3, 0.4) is 0 Å². The lowest BCUT2D eigenvalue weighted by Crippen LogP contribution is -2.54. The van der Waals surface area contributed by atoms with Crippen molar-refractivity contribution in [2.45, 2.75) is 51.0 Å². The largest absolute Gasteiger partial charge is 0.333 e. The highest BCUT2D eigenvalue weighted by molar-refractivity contribution is 7.87. The molecule has 2 atom stereocenters. The Hall–Kier alpha value is -1.64. The Morgan fingerprint density at radius 1 is 1.00 bits per heavy atom. The highest BCUT2D eigenvalue weighted by Crippen LogP contribution is 2.38. The van der Waals surface area contributed by atoms with Gasteiger partial charge in [0.05, 0.1) is 0 Å². The molecule has 2 unspecified atom stereocenters. The quantitative estimate of drug-likeness (QED) is 0.818. The number of urea groups is 1. The molecule has 2 amide bonds. The SMILES string of the molecule is O=C(Nc1c2c(cc3c1CCC3)CCC2)NS(=O)(=O)N1CCN2CCC1C2. The summed E-state index contributed by atoms with van der Waals surface area (Å²) in [5.74, 6) is 0. The highest BCUT2D eigenvalue weighted by Gasteiger charge is 2.39. The first-order chi connectivity index (χ1) is 13.0. The first-order valence-electron chi connectivity index (χ1n) is 10.0. The summed E-state index contributed by atoms with van der Waals surface area (Å²) in [6.07, 6.45) is 7.02. The van der Waals surface area contributed by atoms with Crippen molar-refractivity contribution in [1.29, 1.82) is 0 Å². The van der Waals surface area contributed by atoms with Gasteiger partial charge in [-0.15, -0.1) is 0 Å². The molecule has 146 valence electrons. The van der Waals surface area contributed by atoms with Crippen molar-refractivity contribution in [3.8, 4) is 0 Å². The number of benzene rings is 1. The fraction of sp³-hybridized carbons (Fsp3) is 0.632. The molecule has 2 heterocycles. The number of nitrogens with zero attached hydrogens (tertiary/aromatic N) is 2. The smallest absolute Gasteiger partial charge is 0.307 e. The molecule has 0 spiro atoms. The number of hydrogen-bond donors (Lipinski definition) is 2. The standard InChI is InChI=1S/C19H26N4O3S/c24-19(21-27(25,26)23-10-9-22-8-7-15(23)12-22)20-18-16-5-1-3-13(16)11-14-4-2-6-17(14)18/h11,15H,1-10,12H2,(H2,20,21,24). The summed E-state index contributed by atoms with van der Waals surface area (Å²) in [5.41, 5.74) is 5.91. The van der Waals surface area contributed by atoms with E-state index in [4.69, 9.17) is 0 Å². The van der Waals surface area contributed by atoms with Crippen molar-refractivity contribution in [1.82, 2.24) is 13.9 Å². The monoisotopic (exact) mass is 390 g/mol. The lowest BCUT2D eigenvalue weighted by Gasteiger charge is -2.33. The number of carbonyl (C=O) groups is 1. The number of carbonyl (C=O) groups excluding carboxylic acids is 1. The summed E-state index contributed by atoms with van der Waals surface area (Å²) in [7, 11) is -3.82. The van der Waals surface area contributed by atoms with E-state index in [1.165, 1.54) is 26.6 Å². The van der Waals surface area contributed by atoms with Crippen LogP contribution in [0.5, 0.6) is 0 Å². The maximum atomic E-state index is 12.8. The normalized spacial score (nSPS) is 26.7. The number of piperazine rings is 1. The molecule has 1 aromatic carbocycles. The van der Waals surface area contributed by atoms with Gasteiger partial charge >= 0.3 is 16.2 Å². The maximum Gasteiger partial charge on any atom is 0.333 e. The zero-order valence-electron chi connectivity index (χ0n) is 15.5. The van der Waals surface area contributed by atoms with E-state index >= 15 is 0 Å². The van der Waals surface area contributed by atoms with Crippen LogP contribution in [-0.4, -0.2) is 55.9 Å². The van der Waals surface area contributed by atoms with Gasteiger partial charge in [-0.05, 0) is 73.7 Å². The van der Waals surface area contributed by atoms with Crippen molar-refractivity contribution < 1.29 is 13.2 Å². The Kier molecular flexibility index (Phi) is 4.18. The summed E-state index contributed by atoms with van der Waals surface area (Å²) in [6, 6.07) is 1.64. The van der Waals surface area contributed by atoms with Gasteiger partial charge in [0.1, 0.15) is 0 Å². The number of nitrogens with one attached hydrogen (secondary N) is 2. The van der Waals surface area contributed by atoms with E-state index in [1.807, 2.05) is 0 Å². The van der Waals surface area contributed by atoms with Crippen LogP contribution in [0.4, 0.5) is 10.5 Å². The molecular formula is C19H26N4O3S. The zero-order chi connectivity index (χ0) is 18.6. The molecule has 8 heteroatoms. The second-order valence-corrected chi connectivity index (χ2v) is 9.77. The van der Waals surface area contributed by atoms with Crippen molar-refractivity contribution in [3.63, 3.8) is 0 Å². The average molecular weight is 391 g/mol. The van der Waals surface area contributed by atoms with Gasteiger partial charge < -0.3 is 10.2 Å². The number of fused-ring (bicyclic) bond motifs is 4. The zero-order valence-corrected chi connectivity index (χ0v) is 16.3. The minimum atomic E-state index is -3.82. The van der Waals surface area contributed by atoms with Crippen LogP contribution in [0, 0.1) is 0 Å². The Balaban J connectivity index is 1.36. The van der Waals surface area contributed by atoms with E-state index in [1.54, 1.807) is 0 Å². The molecule has 0 radical (unpaired) electrons. The van der Waals surface area contributed by atoms with Crippen LogP contribution in [0.25, 0.3) is 0 Å². The van der Waals surface area contributed by atoms with Crippen molar-refractivity contribution in [2.75, 3.05) is 31.5 Å². The van der Waals surface area contributed by atoms with Crippen LogP contribution in [0.1, 0.15) is 41.5 Å². The number of amides is 2.